The first-order valence-corrected chi connectivity index (χ1v) is 7.00. The Morgan fingerprint density at radius 2 is 2.19 bits per heavy atom. The number of benzene rings is 1. The van der Waals surface area contributed by atoms with Crippen molar-refractivity contribution in [2.24, 2.45) is 5.92 Å². The Bertz CT molecular complexity index is 554. The molecule has 0 heterocycles. The van der Waals surface area contributed by atoms with Crippen LogP contribution in [0, 0.1) is 17.2 Å². The van der Waals surface area contributed by atoms with Crippen LogP contribution < -0.4 is 15.4 Å². The maximum Gasteiger partial charge on any atom is 0.240 e. The van der Waals surface area contributed by atoms with E-state index in [1.54, 1.807) is 32.2 Å². The fraction of sp³-hybridized carbons (Fsp3) is 0.467. The Kier molecular flexibility index (Phi) is 5.86. The van der Waals surface area contributed by atoms with Gasteiger partial charge in [0.15, 0.2) is 0 Å². The number of amides is 1. The number of carbonyl (C=O) groups is 1. The summed E-state index contributed by atoms with van der Waals surface area (Å²) >= 11 is 5.92. The molecule has 0 aliphatic heterocycles. The summed E-state index contributed by atoms with van der Waals surface area (Å²) in [5.74, 6) is 0.334. The molecule has 5 nitrogen and oxygen atoms in total. The highest BCUT2D eigenvalue weighted by Crippen LogP contribution is 2.27. The molecule has 1 rings (SSSR count). The van der Waals surface area contributed by atoms with Gasteiger partial charge in [-0.15, -0.1) is 0 Å². The summed E-state index contributed by atoms with van der Waals surface area (Å²) < 4.78 is 5.19. The van der Waals surface area contributed by atoms with Crippen molar-refractivity contribution in [3.8, 4) is 11.8 Å². The second kappa shape index (κ2) is 7.19. The van der Waals surface area contributed by atoms with Crippen LogP contribution in [0.1, 0.15) is 20.8 Å². The number of hydrogen-bond acceptors (Lipinski definition) is 4. The van der Waals surface area contributed by atoms with E-state index in [-0.39, 0.29) is 18.4 Å². The minimum Gasteiger partial charge on any atom is -0.495 e. The van der Waals surface area contributed by atoms with Gasteiger partial charge >= 0.3 is 0 Å². The van der Waals surface area contributed by atoms with Gasteiger partial charge in [-0.25, -0.2) is 0 Å². The minimum absolute atomic E-state index is 0.00663. The second-order valence-corrected chi connectivity index (χ2v) is 5.65. The molecule has 6 heteroatoms. The van der Waals surface area contributed by atoms with E-state index in [2.05, 4.69) is 16.7 Å². The SMILES string of the molecule is COc1ccc(Cl)cc1NCC(=O)N[C@@](C)(C#N)C(C)C. The van der Waals surface area contributed by atoms with Gasteiger partial charge in [0.05, 0.1) is 25.4 Å². The van der Waals surface area contributed by atoms with E-state index in [9.17, 15) is 10.1 Å². The van der Waals surface area contributed by atoms with E-state index in [1.807, 2.05) is 13.8 Å². The molecule has 0 spiro atoms. The van der Waals surface area contributed by atoms with E-state index >= 15 is 0 Å². The predicted octanol–water partition coefficient (Wildman–Crippen LogP) is 2.81. The standard InChI is InChI=1S/C15H20ClN3O2/c1-10(2)15(3,9-17)19-14(20)8-18-12-7-11(16)5-6-13(12)21-4/h5-7,10,18H,8H2,1-4H3,(H,19,20)/t15-/m0/s1. The molecule has 0 radical (unpaired) electrons. The average Bonchev–Trinajstić information content (AvgIpc) is 2.44. The molecule has 0 fully saturated rings. The number of nitrogens with zero attached hydrogens (tertiary/aromatic N) is 1. The number of carbonyl (C=O) groups excluding carboxylic acids is 1. The Morgan fingerprint density at radius 3 is 2.71 bits per heavy atom. The summed E-state index contributed by atoms with van der Waals surface area (Å²) in [4.78, 5) is 12.0. The van der Waals surface area contributed by atoms with Crippen LogP contribution in [0.25, 0.3) is 0 Å². The molecule has 1 aromatic rings. The largest absolute Gasteiger partial charge is 0.495 e. The third-order valence-electron chi connectivity index (χ3n) is 3.39. The molecular weight excluding hydrogens is 290 g/mol. The van der Waals surface area contributed by atoms with Crippen molar-refractivity contribution in [2.45, 2.75) is 26.3 Å². The number of methoxy groups -OCH3 is 1. The Balaban J connectivity index is 2.70. The highest BCUT2D eigenvalue weighted by Gasteiger charge is 2.29. The summed E-state index contributed by atoms with van der Waals surface area (Å²) in [6, 6.07) is 7.24. The first-order valence-electron chi connectivity index (χ1n) is 6.62. The zero-order valence-corrected chi connectivity index (χ0v) is 13.4. The van der Waals surface area contributed by atoms with Crippen LogP contribution in [0.15, 0.2) is 18.2 Å². The third-order valence-corrected chi connectivity index (χ3v) is 3.62. The molecule has 1 aromatic carbocycles. The van der Waals surface area contributed by atoms with Gasteiger partial charge in [-0.05, 0) is 31.0 Å². The van der Waals surface area contributed by atoms with Gasteiger partial charge in [0.25, 0.3) is 0 Å². The number of rotatable bonds is 6. The lowest BCUT2D eigenvalue weighted by atomic mass is 9.90. The van der Waals surface area contributed by atoms with Crippen LogP contribution >= 0.6 is 11.6 Å². The maximum atomic E-state index is 12.0. The minimum atomic E-state index is -0.892. The summed E-state index contributed by atoms with van der Waals surface area (Å²) in [6.07, 6.45) is 0. The molecule has 0 saturated heterocycles. The number of ether oxygens (including phenoxy) is 1. The molecule has 0 bridgehead atoms. The molecule has 21 heavy (non-hydrogen) atoms. The van der Waals surface area contributed by atoms with Gasteiger partial charge in [-0.2, -0.15) is 5.26 Å². The lowest BCUT2D eigenvalue weighted by Crippen LogP contribution is -2.50. The average molecular weight is 310 g/mol. The van der Waals surface area contributed by atoms with Gasteiger partial charge in [0, 0.05) is 5.02 Å². The summed E-state index contributed by atoms with van der Waals surface area (Å²) in [5, 5.41) is 15.4. The van der Waals surface area contributed by atoms with Crippen LogP contribution in [-0.2, 0) is 4.79 Å². The lowest BCUT2D eigenvalue weighted by Gasteiger charge is -2.27. The molecule has 0 unspecified atom stereocenters. The smallest absolute Gasteiger partial charge is 0.240 e. The molecule has 0 saturated carbocycles. The molecule has 2 N–H and O–H groups in total. The molecule has 0 aliphatic carbocycles. The number of halogens is 1. The monoisotopic (exact) mass is 309 g/mol. The molecule has 1 atom stereocenters. The van der Waals surface area contributed by atoms with Crippen LogP contribution in [0.4, 0.5) is 5.69 Å². The van der Waals surface area contributed by atoms with Crippen LogP contribution in [0.3, 0.4) is 0 Å². The van der Waals surface area contributed by atoms with Crippen molar-refractivity contribution in [3.63, 3.8) is 0 Å². The van der Waals surface area contributed by atoms with Crippen molar-refractivity contribution in [1.29, 1.82) is 5.26 Å². The topological polar surface area (TPSA) is 74.2 Å². The normalized spacial score (nSPS) is 13.2. The summed E-state index contributed by atoms with van der Waals surface area (Å²) in [7, 11) is 1.54. The van der Waals surface area contributed by atoms with Gasteiger partial charge in [-0.3, -0.25) is 4.79 Å². The Morgan fingerprint density at radius 1 is 1.52 bits per heavy atom. The fourth-order valence-corrected chi connectivity index (χ4v) is 1.80. The molecule has 114 valence electrons. The van der Waals surface area contributed by atoms with E-state index in [0.717, 1.165) is 0 Å². The fourth-order valence-electron chi connectivity index (χ4n) is 1.63. The van der Waals surface area contributed by atoms with E-state index < -0.39 is 5.54 Å². The summed E-state index contributed by atoms with van der Waals surface area (Å²) in [6.45, 7) is 5.50. The Hall–Kier alpha value is -1.93. The van der Waals surface area contributed by atoms with E-state index in [4.69, 9.17) is 16.3 Å². The first-order chi connectivity index (χ1) is 9.82. The second-order valence-electron chi connectivity index (χ2n) is 5.22. The molecular formula is C15H20ClN3O2. The highest BCUT2D eigenvalue weighted by atomic mass is 35.5. The lowest BCUT2D eigenvalue weighted by molar-refractivity contribution is -0.121. The van der Waals surface area contributed by atoms with Crippen LogP contribution in [-0.4, -0.2) is 25.1 Å². The number of nitriles is 1. The number of hydrogen-bond donors (Lipinski definition) is 2. The van der Waals surface area contributed by atoms with Gasteiger partial charge < -0.3 is 15.4 Å². The van der Waals surface area contributed by atoms with Crippen molar-refractivity contribution in [3.05, 3.63) is 23.2 Å². The predicted molar refractivity (Wildman–Crippen MR) is 83.5 cm³/mol. The van der Waals surface area contributed by atoms with Crippen molar-refractivity contribution < 1.29 is 9.53 Å². The molecule has 0 aliphatic rings. The quantitative estimate of drug-likeness (QED) is 0.847. The zero-order valence-electron chi connectivity index (χ0n) is 12.7. The van der Waals surface area contributed by atoms with Crippen molar-refractivity contribution >= 4 is 23.2 Å². The molecule has 0 aromatic heterocycles. The number of anilines is 1. The van der Waals surface area contributed by atoms with Gasteiger partial charge in [-0.1, -0.05) is 25.4 Å². The zero-order chi connectivity index (χ0) is 16.0. The number of nitrogens with one attached hydrogen (secondary N) is 2. The third kappa shape index (κ3) is 4.54. The van der Waals surface area contributed by atoms with Crippen LogP contribution in [0.2, 0.25) is 5.02 Å². The summed E-state index contributed by atoms with van der Waals surface area (Å²) in [5.41, 5.74) is -0.264. The Labute approximate surface area is 130 Å². The molecule has 1 amide bonds. The van der Waals surface area contributed by atoms with Crippen molar-refractivity contribution in [2.75, 3.05) is 19.0 Å². The highest BCUT2D eigenvalue weighted by molar-refractivity contribution is 6.30. The van der Waals surface area contributed by atoms with E-state index in [1.165, 1.54) is 0 Å². The van der Waals surface area contributed by atoms with Crippen LogP contribution in [0.5, 0.6) is 5.75 Å². The van der Waals surface area contributed by atoms with Gasteiger partial charge in [0.2, 0.25) is 5.91 Å². The van der Waals surface area contributed by atoms with Crippen molar-refractivity contribution in [1.82, 2.24) is 5.32 Å². The van der Waals surface area contributed by atoms with E-state index in [0.29, 0.717) is 16.5 Å². The maximum absolute atomic E-state index is 12.0. The van der Waals surface area contributed by atoms with Gasteiger partial charge in [0.1, 0.15) is 11.3 Å². The first kappa shape index (κ1) is 17.1.